The van der Waals surface area contributed by atoms with Crippen LogP contribution in [0.3, 0.4) is 0 Å². The zero-order chi connectivity index (χ0) is 12.8. The van der Waals surface area contributed by atoms with Gasteiger partial charge in [0.25, 0.3) is 5.69 Å². The number of rotatable bonds is 5. The molecule has 17 heavy (non-hydrogen) atoms. The number of aryl methyl sites for hydroxylation is 1. The van der Waals surface area contributed by atoms with Gasteiger partial charge in [-0.05, 0) is 26.0 Å². The average Bonchev–Trinajstić information content (AvgIpc) is 2.26. The van der Waals surface area contributed by atoms with E-state index >= 15 is 0 Å². The molecular formula is C11H14N2O4. The van der Waals surface area contributed by atoms with E-state index in [1.165, 1.54) is 12.1 Å². The number of ether oxygens (including phenoxy) is 1. The molecule has 6 heteroatoms. The summed E-state index contributed by atoms with van der Waals surface area (Å²) >= 11 is 0. The fraction of sp³-hybridized carbons (Fsp3) is 0.364. The molecular weight excluding hydrogens is 224 g/mol. The predicted molar refractivity (Wildman–Crippen MR) is 63.0 cm³/mol. The zero-order valence-corrected chi connectivity index (χ0v) is 9.73. The van der Waals surface area contributed by atoms with Gasteiger partial charge in [-0.3, -0.25) is 14.9 Å². The summed E-state index contributed by atoms with van der Waals surface area (Å²) in [5.74, 6) is -0.278. The van der Waals surface area contributed by atoms with E-state index in [2.05, 4.69) is 5.32 Å². The lowest BCUT2D eigenvalue weighted by atomic mass is 10.2. The number of nitro groups is 1. The van der Waals surface area contributed by atoms with Crippen LogP contribution < -0.4 is 5.32 Å². The van der Waals surface area contributed by atoms with E-state index in [0.717, 1.165) is 0 Å². The third kappa shape index (κ3) is 3.84. The summed E-state index contributed by atoms with van der Waals surface area (Å²) in [5.41, 5.74) is 1.06. The number of nitrogens with one attached hydrogen (secondary N) is 1. The van der Waals surface area contributed by atoms with Crippen molar-refractivity contribution in [2.24, 2.45) is 0 Å². The third-order valence-electron chi connectivity index (χ3n) is 2.11. The van der Waals surface area contributed by atoms with Gasteiger partial charge in [0.1, 0.15) is 6.61 Å². The van der Waals surface area contributed by atoms with E-state index in [-0.39, 0.29) is 18.2 Å². The molecule has 0 atom stereocenters. The molecule has 0 spiro atoms. The lowest BCUT2D eigenvalue weighted by molar-refractivity contribution is -0.385. The van der Waals surface area contributed by atoms with Crippen LogP contribution in [0.1, 0.15) is 12.5 Å². The summed E-state index contributed by atoms with van der Waals surface area (Å²) in [5, 5.41) is 13.2. The summed E-state index contributed by atoms with van der Waals surface area (Å²) in [6, 6.07) is 4.42. The van der Waals surface area contributed by atoms with Crippen LogP contribution in [-0.4, -0.2) is 24.0 Å². The maximum absolute atomic E-state index is 11.3. The van der Waals surface area contributed by atoms with Crippen LogP contribution in [0.4, 0.5) is 11.4 Å². The monoisotopic (exact) mass is 238 g/mol. The van der Waals surface area contributed by atoms with Gasteiger partial charge in [-0.1, -0.05) is 0 Å². The lowest BCUT2D eigenvalue weighted by Gasteiger charge is -2.06. The van der Waals surface area contributed by atoms with Crippen molar-refractivity contribution in [3.05, 3.63) is 33.9 Å². The Kier molecular flexibility index (Phi) is 4.59. The second-order valence-corrected chi connectivity index (χ2v) is 3.44. The summed E-state index contributed by atoms with van der Waals surface area (Å²) in [4.78, 5) is 21.5. The summed E-state index contributed by atoms with van der Waals surface area (Å²) in [6.07, 6.45) is 0. The molecule has 0 saturated carbocycles. The highest BCUT2D eigenvalue weighted by molar-refractivity contribution is 5.91. The normalized spacial score (nSPS) is 10.0. The van der Waals surface area contributed by atoms with Crippen LogP contribution in [0.15, 0.2) is 18.2 Å². The van der Waals surface area contributed by atoms with Gasteiger partial charge in [-0.25, -0.2) is 0 Å². The van der Waals surface area contributed by atoms with Crippen molar-refractivity contribution in [3.8, 4) is 0 Å². The highest BCUT2D eigenvalue weighted by Crippen LogP contribution is 2.21. The van der Waals surface area contributed by atoms with Crippen molar-refractivity contribution in [1.82, 2.24) is 0 Å². The Morgan fingerprint density at radius 1 is 1.53 bits per heavy atom. The Labute approximate surface area is 98.7 Å². The number of hydrogen-bond acceptors (Lipinski definition) is 4. The van der Waals surface area contributed by atoms with Gasteiger partial charge in [0.05, 0.1) is 4.92 Å². The minimum atomic E-state index is -0.457. The van der Waals surface area contributed by atoms with Gasteiger partial charge in [-0.2, -0.15) is 0 Å². The lowest BCUT2D eigenvalue weighted by Crippen LogP contribution is -2.18. The molecule has 0 bridgehead atoms. The Balaban J connectivity index is 2.70. The van der Waals surface area contributed by atoms with E-state index in [9.17, 15) is 14.9 Å². The Bertz CT molecular complexity index is 431. The minimum Gasteiger partial charge on any atom is -0.372 e. The van der Waals surface area contributed by atoms with Gasteiger partial charge in [-0.15, -0.1) is 0 Å². The number of nitrogens with zero attached hydrogens (tertiary/aromatic N) is 1. The van der Waals surface area contributed by atoms with Gasteiger partial charge in [0.2, 0.25) is 5.91 Å². The van der Waals surface area contributed by atoms with Crippen LogP contribution in [0, 0.1) is 17.0 Å². The van der Waals surface area contributed by atoms with E-state index in [1.807, 2.05) is 0 Å². The molecule has 0 aliphatic carbocycles. The van der Waals surface area contributed by atoms with Gasteiger partial charge < -0.3 is 10.1 Å². The van der Waals surface area contributed by atoms with Crippen LogP contribution in [0.25, 0.3) is 0 Å². The first-order chi connectivity index (χ1) is 8.04. The first kappa shape index (κ1) is 13.1. The molecule has 0 unspecified atom stereocenters. The summed E-state index contributed by atoms with van der Waals surface area (Å²) in [7, 11) is 0. The summed E-state index contributed by atoms with van der Waals surface area (Å²) < 4.78 is 4.94. The van der Waals surface area contributed by atoms with E-state index in [4.69, 9.17) is 4.74 Å². The van der Waals surface area contributed by atoms with Crippen LogP contribution in [-0.2, 0) is 9.53 Å². The number of amides is 1. The fourth-order valence-electron chi connectivity index (χ4n) is 1.33. The van der Waals surface area contributed by atoms with Crippen molar-refractivity contribution < 1.29 is 14.5 Å². The van der Waals surface area contributed by atoms with Crippen molar-refractivity contribution in [1.29, 1.82) is 0 Å². The summed E-state index contributed by atoms with van der Waals surface area (Å²) in [6.45, 7) is 3.86. The molecule has 0 radical (unpaired) electrons. The smallest absolute Gasteiger partial charge is 0.272 e. The Hall–Kier alpha value is -1.95. The number of hydrogen-bond donors (Lipinski definition) is 1. The number of nitro benzene ring substituents is 1. The van der Waals surface area contributed by atoms with Crippen molar-refractivity contribution >= 4 is 17.3 Å². The topological polar surface area (TPSA) is 81.5 Å². The molecule has 1 rings (SSSR count). The second-order valence-electron chi connectivity index (χ2n) is 3.44. The van der Waals surface area contributed by atoms with Crippen molar-refractivity contribution in [2.75, 3.05) is 18.5 Å². The highest BCUT2D eigenvalue weighted by atomic mass is 16.6. The molecule has 0 aromatic heterocycles. The van der Waals surface area contributed by atoms with Gasteiger partial charge in [0, 0.05) is 23.9 Å². The average molecular weight is 238 g/mol. The Morgan fingerprint density at radius 3 is 2.76 bits per heavy atom. The second kappa shape index (κ2) is 5.95. The molecule has 6 nitrogen and oxygen atoms in total. The van der Waals surface area contributed by atoms with E-state index in [1.54, 1.807) is 19.9 Å². The zero-order valence-electron chi connectivity index (χ0n) is 9.73. The largest absolute Gasteiger partial charge is 0.372 e. The highest BCUT2D eigenvalue weighted by Gasteiger charge is 2.11. The fourth-order valence-corrected chi connectivity index (χ4v) is 1.33. The van der Waals surface area contributed by atoms with Gasteiger partial charge >= 0.3 is 0 Å². The minimum absolute atomic E-state index is 0.0213. The SMILES string of the molecule is CCOCC(=O)Nc1ccc([N+](=O)[O-])c(C)c1. The van der Waals surface area contributed by atoms with E-state index in [0.29, 0.717) is 17.9 Å². The van der Waals surface area contributed by atoms with E-state index < -0.39 is 4.92 Å². The molecule has 1 N–H and O–H groups in total. The molecule has 0 heterocycles. The van der Waals surface area contributed by atoms with Crippen LogP contribution >= 0.6 is 0 Å². The first-order valence-corrected chi connectivity index (χ1v) is 5.17. The molecule has 0 aliphatic heterocycles. The standard InChI is InChI=1S/C11H14N2O4/c1-3-17-7-11(14)12-9-4-5-10(13(15)16)8(2)6-9/h4-6H,3,7H2,1-2H3,(H,12,14). The van der Waals surface area contributed by atoms with Crippen LogP contribution in [0.2, 0.25) is 0 Å². The molecule has 1 aromatic carbocycles. The maximum atomic E-state index is 11.3. The van der Waals surface area contributed by atoms with Crippen molar-refractivity contribution in [2.45, 2.75) is 13.8 Å². The van der Waals surface area contributed by atoms with Gasteiger partial charge in [0.15, 0.2) is 0 Å². The first-order valence-electron chi connectivity index (χ1n) is 5.17. The molecule has 1 amide bonds. The third-order valence-corrected chi connectivity index (χ3v) is 2.11. The number of carbonyl (C=O) groups is 1. The molecule has 92 valence electrons. The van der Waals surface area contributed by atoms with Crippen LogP contribution in [0.5, 0.6) is 0 Å². The molecule has 1 aromatic rings. The van der Waals surface area contributed by atoms with Crippen molar-refractivity contribution in [3.63, 3.8) is 0 Å². The maximum Gasteiger partial charge on any atom is 0.272 e. The predicted octanol–water partition coefficient (Wildman–Crippen LogP) is 1.88. The number of carbonyl (C=O) groups excluding carboxylic acids is 1. The molecule has 0 saturated heterocycles. The Morgan fingerprint density at radius 2 is 2.24 bits per heavy atom. The molecule has 0 fully saturated rings. The molecule has 0 aliphatic rings. The number of anilines is 1. The quantitative estimate of drug-likeness (QED) is 0.627. The number of benzene rings is 1.